The molecule has 3 N–H and O–H groups in total. The molecular weight excluding hydrogens is 518 g/mol. The van der Waals surface area contributed by atoms with Crippen molar-refractivity contribution in [2.24, 2.45) is 0 Å². The minimum Gasteiger partial charge on any atom is -0.394 e. The summed E-state index contributed by atoms with van der Waals surface area (Å²) in [5.41, 5.74) is 0. The molecule has 4 heteroatoms. The summed E-state index contributed by atoms with van der Waals surface area (Å²) in [4.78, 5) is 12.3. The number of carbonyl (C=O) groups excluding carboxylic acids is 1. The molecule has 0 fully saturated rings. The first kappa shape index (κ1) is 40.9. The van der Waals surface area contributed by atoms with Crippen molar-refractivity contribution in [1.82, 2.24) is 5.32 Å². The van der Waals surface area contributed by atoms with Crippen LogP contribution in [-0.4, -0.2) is 34.9 Å². The van der Waals surface area contributed by atoms with Gasteiger partial charge in [-0.1, -0.05) is 167 Å². The van der Waals surface area contributed by atoms with Crippen LogP contribution in [0.3, 0.4) is 0 Å². The first-order valence-corrected chi connectivity index (χ1v) is 18.6. The van der Waals surface area contributed by atoms with Gasteiger partial charge >= 0.3 is 0 Å². The highest BCUT2D eigenvalue weighted by Crippen LogP contribution is 2.13. The summed E-state index contributed by atoms with van der Waals surface area (Å²) in [7, 11) is 0. The largest absolute Gasteiger partial charge is 0.394 e. The van der Waals surface area contributed by atoms with Crippen molar-refractivity contribution >= 4 is 5.91 Å². The molecule has 0 aromatic heterocycles. The Bertz CT molecular complexity index is 603. The summed E-state index contributed by atoms with van der Waals surface area (Å²) < 4.78 is 0. The maximum absolute atomic E-state index is 12.3. The third-order valence-electron chi connectivity index (χ3n) is 8.43. The van der Waals surface area contributed by atoms with Crippen molar-refractivity contribution in [3.8, 4) is 0 Å². The molecule has 248 valence electrons. The zero-order valence-electron chi connectivity index (χ0n) is 28.3. The number of unbranched alkanes of at least 4 members (excludes halogenated alkanes) is 24. The first-order chi connectivity index (χ1) is 20.7. The van der Waals surface area contributed by atoms with Gasteiger partial charge in [0.1, 0.15) is 0 Å². The van der Waals surface area contributed by atoms with E-state index in [0.717, 1.165) is 25.7 Å². The van der Waals surface area contributed by atoms with Crippen molar-refractivity contribution in [2.75, 3.05) is 6.61 Å². The Kier molecular flexibility index (Phi) is 33.4. The zero-order valence-corrected chi connectivity index (χ0v) is 28.3. The van der Waals surface area contributed by atoms with Crippen molar-refractivity contribution < 1.29 is 15.0 Å². The van der Waals surface area contributed by atoms with Crippen LogP contribution in [0.2, 0.25) is 0 Å². The third-order valence-corrected chi connectivity index (χ3v) is 8.43. The zero-order chi connectivity index (χ0) is 30.8. The minimum absolute atomic E-state index is 0.0681. The molecule has 0 aliphatic rings. The molecule has 0 rings (SSSR count). The van der Waals surface area contributed by atoms with Crippen LogP contribution in [0.1, 0.15) is 194 Å². The summed E-state index contributed by atoms with van der Waals surface area (Å²) in [5, 5.41) is 22.8. The van der Waals surface area contributed by atoms with Gasteiger partial charge in [0.25, 0.3) is 0 Å². The second-order valence-electron chi connectivity index (χ2n) is 12.6. The Morgan fingerprint density at radius 3 is 1.31 bits per heavy atom. The van der Waals surface area contributed by atoms with E-state index in [2.05, 4.69) is 31.3 Å². The van der Waals surface area contributed by atoms with Gasteiger partial charge < -0.3 is 15.5 Å². The summed E-state index contributed by atoms with van der Waals surface area (Å²) >= 11 is 0. The van der Waals surface area contributed by atoms with E-state index in [1.807, 2.05) is 6.08 Å². The van der Waals surface area contributed by atoms with Gasteiger partial charge in [-0.05, 0) is 44.9 Å². The molecule has 4 nitrogen and oxygen atoms in total. The Labute approximate surface area is 262 Å². The van der Waals surface area contributed by atoms with Crippen LogP contribution >= 0.6 is 0 Å². The Hall–Kier alpha value is -1.13. The average molecular weight is 592 g/mol. The van der Waals surface area contributed by atoms with E-state index < -0.39 is 12.1 Å². The van der Waals surface area contributed by atoms with Crippen LogP contribution in [0.4, 0.5) is 0 Å². The van der Waals surface area contributed by atoms with E-state index >= 15 is 0 Å². The van der Waals surface area contributed by atoms with Crippen LogP contribution in [-0.2, 0) is 4.79 Å². The lowest BCUT2D eigenvalue weighted by Gasteiger charge is -2.20. The van der Waals surface area contributed by atoms with Crippen molar-refractivity contribution in [1.29, 1.82) is 0 Å². The minimum atomic E-state index is -0.835. The lowest BCUT2D eigenvalue weighted by atomic mass is 10.0. The van der Waals surface area contributed by atoms with Gasteiger partial charge in [0.05, 0.1) is 18.8 Å². The smallest absolute Gasteiger partial charge is 0.220 e. The number of allylic oxidation sites excluding steroid dienone is 3. The van der Waals surface area contributed by atoms with Gasteiger partial charge in [-0.25, -0.2) is 0 Å². The SMILES string of the molecule is CCCCCCCCC=CCCCCCCCCCCCC(=O)N[C@@H](CO)[C@H](O)C=CCCCCCCCCCCC. The molecule has 0 heterocycles. The predicted octanol–water partition coefficient (Wildman–Crippen LogP) is 10.9. The highest BCUT2D eigenvalue weighted by atomic mass is 16.3. The quantitative estimate of drug-likeness (QED) is 0.0525. The number of amides is 1. The monoisotopic (exact) mass is 592 g/mol. The summed E-state index contributed by atoms with van der Waals surface area (Å²) in [6, 6.07) is -0.618. The lowest BCUT2D eigenvalue weighted by Crippen LogP contribution is -2.45. The molecule has 0 unspecified atom stereocenters. The molecule has 1 amide bonds. The molecule has 42 heavy (non-hydrogen) atoms. The van der Waals surface area contributed by atoms with E-state index in [1.165, 1.54) is 148 Å². The highest BCUT2D eigenvalue weighted by molar-refractivity contribution is 5.76. The van der Waals surface area contributed by atoms with Crippen LogP contribution in [0.25, 0.3) is 0 Å². The van der Waals surface area contributed by atoms with Gasteiger partial charge in [-0.3, -0.25) is 4.79 Å². The van der Waals surface area contributed by atoms with Crippen LogP contribution < -0.4 is 5.32 Å². The molecular formula is C38H73NO3. The fourth-order valence-electron chi connectivity index (χ4n) is 5.52. The summed E-state index contributed by atoms with van der Waals surface area (Å²) in [6.07, 6.45) is 42.6. The van der Waals surface area contributed by atoms with E-state index in [9.17, 15) is 15.0 Å². The number of aliphatic hydroxyl groups is 2. The average Bonchev–Trinajstić information content (AvgIpc) is 2.99. The topological polar surface area (TPSA) is 69.6 Å². The van der Waals surface area contributed by atoms with Gasteiger partial charge in [-0.15, -0.1) is 0 Å². The number of rotatable bonds is 33. The van der Waals surface area contributed by atoms with E-state index in [-0.39, 0.29) is 12.5 Å². The Morgan fingerprint density at radius 2 is 0.905 bits per heavy atom. The summed E-state index contributed by atoms with van der Waals surface area (Å²) in [5.74, 6) is -0.0681. The maximum atomic E-state index is 12.3. The normalized spacial score (nSPS) is 13.3. The molecule has 0 spiro atoms. The Balaban J connectivity index is 3.58. The van der Waals surface area contributed by atoms with Crippen molar-refractivity contribution in [2.45, 2.75) is 206 Å². The van der Waals surface area contributed by atoms with Crippen molar-refractivity contribution in [3.05, 3.63) is 24.3 Å². The number of hydrogen-bond acceptors (Lipinski definition) is 3. The first-order valence-electron chi connectivity index (χ1n) is 18.6. The molecule has 0 bridgehead atoms. The molecule has 0 aromatic carbocycles. The molecule has 0 saturated carbocycles. The summed E-state index contributed by atoms with van der Waals surface area (Å²) in [6.45, 7) is 4.28. The number of hydrogen-bond donors (Lipinski definition) is 3. The van der Waals surface area contributed by atoms with E-state index in [1.54, 1.807) is 6.08 Å². The van der Waals surface area contributed by atoms with Crippen LogP contribution in [0.15, 0.2) is 24.3 Å². The molecule has 0 aromatic rings. The number of nitrogens with one attached hydrogen (secondary N) is 1. The fourth-order valence-corrected chi connectivity index (χ4v) is 5.52. The Morgan fingerprint density at radius 1 is 0.548 bits per heavy atom. The lowest BCUT2D eigenvalue weighted by molar-refractivity contribution is -0.123. The van der Waals surface area contributed by atoms with Gasteiger partial charge in [0.2, 0.25) is 5.91 Å². The molecule has 2 atom stereocenters. The standard InChI is InChI=1S/C38H73NO3/c1-3-5-7-9-11-13-15-16-17-18-19-20-21-22-24-26-28-30-32-34-38(42)39-36(35-40)37(41)33-31-29-27-25-23-14-12-10-8-6-4-2/h16-17,31,33,36-37,40-41H,3-15,18-30,32,34-35H2,1-2H3,(H,39,42)/t36-,37+/m0/s1. The van der Waals surface area contributed by atoms with Crippen LogP contribution in [0.5, 0.6) is 0 Å². The van der Waals surface area contributed by atoms with Gasteiger partial charge in [0, 0.05) is 6.42 Å². The fraction of sp³-hybridized carbons (Fsp3) is 0.868. The van der Waals surface area contributed by atoms with Gasteiger partial charge in [0.15, 0.2) is 0 Å². The number of aliphatic hydroxyl groups excluding tert-OH is 2. The molecule has 0 radical (unpaired) electrons. The second kappa shape index (κ2) is 34.4. The van der Waals surface area contributed by atoms with Crippen LogP contribution in [0, 0.1) is 0 Å². The number of carbonyl (C=O) groups is 1. The predicted molar refractivity (Wildman–Crippen MR) is 184 cm³/mol. The highest BCUT2D eigenvalue weighted by Gasteiger charge is 2.17. The van der Waals surface area contributed by atoms with Gasteiger partial charge in [-0.2, -0.15) is 0 Å². The molecule has 0 saturated heterocycles. The second-order valence-corrected chi connectivity index (χ2v) is 12.6. The maximum Gasteiger partial charge on any atom is 0.220 e. The molecule has 0 aliphatic carbocycles. The molecule has 0 aliphatic heterocycles. The van der Waals surface area contributed by atoms with E-state index in [0.29, 0.717) is 6.42 Å². The van der Waals surface area contributed by atoms with E-state index in [4.69, 9.17) is 0 Å². The van der Waals surface area contributed by atoms with Crippen molar-refractivity contribution in [3.63, 3.8) is 0 Å². The third kappa shape index (κ3) is 30.3.